The molecule has 0 saturated heterocycles. The first-order valence-electron chi connectivity index (χ1n) is 5.76. The fraction of sp³-hybridized carbons (Fsp3) is 0.214. The number of carbonyl (C=O) groups is 1. The standard InChI is InChI=1S/C14H14BrNO2S/c1-9-3-4-11(14(17)18-2)6-12(9)16-7-10-5-13(15)19-8-10/h3-6,8,16H,7H2,1-2H3. The van der Waals surface area contributed by atoms with Gasteiger partial charge in [-0.15, -0.1) is 11.3 Å². The van der Waals surface area contributed by atoms with Crippen LogP contribution in [0.4, 0.5) is 5.69 Å². The second kappa shape index (κ2) is 6.21. The minimum atomic E-state index is -0.318. The van der Waals surface area contributed by atoms with Crippen molar-refractivity contribution < 1.29 is 9.53 Å². The number of ether oxygens (including phenoxy) is 1. The van der Waals surface area contributed by atoms with E-state index in [4.69, 9.17) is 4.74 Å². The molecule has 0 aliphatic rings. The van der Waals surface area contributed by atoms with Crippen LogP contribution in [-0.4, -0.2) is 13.1 Å². The summed E-state index contributed by atoms with van der Waals surface area (Å²) in [5, 5.41) is 5.43. The minimum Gasteiger partial charge on any atom is -0.465 e. The van der Waals surface area contributed by atoms with Crippen LogP contribution in [0.1, 0.15) is 21.5 Å². The van der Waals surface area contributed by atoms with Crippen molar-refractivity contribution in [1.29, 1.82) is 0 Å². The zero-order valence-electron chi connectivity index (χ0n) is 10.7. The number of carbonyl (C=O) groups excluding carboxylic acids is 1. The molecule has 1 aromatic carbocycles. The third-order valence-corrected chi connectivity index (χ3v) is 4.32. The van der Waals surface area contributed by atoms with Gasteiger partial charge in [0.1, 0.15) is 0 Å². The van der Waals surface area contributed by atoms with Gasteiger partial charge in [-0.25, -0.2) is 4.79 Å². The highest BCUT2D eigenvalue weighted by Crippen LogP contribution is 2.23. The van der Waals surface area contributed by atoms with Gasteiger partial charge in [0, 0.05) is 12.2 Å². The molecule has 2 rings (SSSR count). The van der Waals surface area contributed by atoms with Crippen LogP contribution in [0.5, 0.6) is 0 Å². The van der Waals surface area contributed by atoms with Gasteiger partial charge < -0.3 is 10.1 Å². The Kier molecular flexibility index (Phi) is 4.61. The van der Waals surface area contributed by atoms with Gasteiger partial charge in [0.2, 0.25) is 0 Å². The number of hydrogen-bond acceptors (Lipinski definition) is 4. The lowest BCUT2D eigenvalue weighted by Gasteiger charge is -2.10. The average Bonchev–Trinajstić information content (AvgIpc) is 2.82. The molecule has 0 aliphatic carbocycles. The molecule has 0 unspecified atom stereocenters. The van der Waals surface area contributed by atoms with Crippen molar-refractivity contribution in [2.75, 3.05) is 12.4 Å². The zero-order chi connectivity index (χ0) is 13.8. The molecule has 0 bridgehead atoms. The molecule has 0 atom stereocenters. The van der Waals surface area contributed by atoms with Crippen LogP contribution in [0.2, 0.25) is 0 Å². The molecule has 1 heterocycles. The molecule has 2 aromatic rings. The molecule has 19 heavy (non-hydrogen) atoms. The summed E-state index contributed by atoms with van der Waals surface area (Å²) in [6, 6.07) is 7.59. The Hall–Kier alpha value is -1.33. The summed E-state index contributed by atoms with van der Waals surface area (Å²) in [5.41, 5.74) is 3.81. The molecule has 100 valence electrons. The topological polar surface area (TPSA) is 38.3 Å². The first-order chi connectivity index (χ1) is 9.10. The van der Waals surface area contributed by atoms with E-state index in [2.05, 4.69) is 32.7 Å². The quantitative estimate of drug-likeness (QED) is 0.847. The molecular formula is C14H14BrNO2S. The summed E-state index contributed by atoms with van der Waals surface area (Å²) in [5.74, 6) is -0.318. The number of esters is 1. The van der Waals surface area contributed by atoms with Gasteiger partial charge in [0.25, 0.3) is 0 Å². The van der Waals surface area contributed by atoms with Gasteiger partial charge in [0.15, 0.2) is 0 Å². The smallest absolute Gasteiger partial charge is 0.337 e. The van der Waals surface area contributed by atoms with Crippen LogP contribution in [-0.2, 0) is 11.3 Å². The Labute approximate surface area is 124 Å². The van der Waals surface area contributed by atoms with Crippen LogP contribution in [0.3, 0.4) is 0 Å². The number of halogens is 1. The number of hydrogen-bond donors (Lipinski definition) is 1. The lowest BCUT2D eigenvalue weighted by molar-refractivity contribution is 0.0601. The Balaban J connectivity index is 2.12. The summed E-state index contributed by atoms with van der Waals surface area (Å²) in [6.45, 7) is 2.74. The zero-order valence-corrected chi connectivity index (χ0v) is 13.1. The molecule has 0 radical (unpaired) electrons. The maximum Gasteiger partial charge on any atom is 0.337 e. The van der Waals surface area contributed by atoms with Gasteiger partial charge >= 0.3 is 5.97 Å². The highest BCUT2D eigenvalue weighted by Gasteiger charge is 2.08. The Bertz CT molecular complexity index is 595. The molecule has 1 aromatic heterocycles. The van der Waals surface area contributed by atoms with E-state index in [0.29, 0.717) is 5.56 Å². The molecule has 0 spiro atoms. The van der Waals surface area contributed by atoms with E-state index in [9.17, 15) is 4.79 Å². The van der Waals surface area contributed by atoms with Crippen molar-refractivity contribution in [3.8, 4) is 0 Å². The Morgan fingerprint density at radius 2 is 2.21 bits per heavy atom. The van der Waals surface area contributed by atoms with Gasteiger partial charge in [-0.1, -0.05) is 6.07 Å². The van der Waals surface area contributed by atoms with Gasteiger partial charge in [0.05, 0.1) is 16.5 Å². The summed E-state index contributed by atoms with van der Waals surface area (Å²) in [6.07, 6.45) is 0. The van der Waals surface area contributed by atoms with Crippen molar-refractivity contribution >= 4 is 38.9 Å². The van der Waals surface area contributed by atoms with E-state index in [0.717, 1.165) is 21.6 Å². The molecule has 0 amide bonds. The van der Waals surface area contributed by atoms with Gasteiger partial charge in [-0.05, 0) is 57.6 Å². The highest BCUT2D eigenvalue weighted by atomic mass is 79.9. The van der Waals surface area contributed by atoms with E-state index in [-0.39, 0.29) is 5.97 Å². The van der Waals surface area contributed by atoms with Gasteiger partial charge in [-0.3, -0.25) is 0 Å². The normalized spacial score (nSPS) is 10.3. The minimum absolute atomic E-state index is 0.318. The lowest BCUT2D eigenvalue weighted by atomic mass is 10.1. The van der Waals surface area contributed by atoms with Crippen molar-refractivity contribution in [3.63, 3.8) is 0 Å². The van der Waals surface area contributed by atoms with Crippen molar-refractivity contribution in [3.05, 3.63) is 50.1 Å². The highest BCUT2D eigenvalue weighted by molar-refractivity contribution is 9.11. The van der Waals surface area contributed by atoms with Crippen molar-refractivity contribution in [1.82, 2.24) is 0 Å². The predicted octanol–water partition coefficient (Wildman–Crippen LogP) is 4.22. The molecule has 3 nitrogen and oxygen atoms in total. The van der Waals surface area contributed by atoms with Crippen LogP contribution >= 0.6 is 27.3 Å². The van der Waals surface area contributed by atoms with Crippen molar-refractivity contribution in [2.45, 2.75) is 13.5 Å². The van der Waals surface area contributed by atoms with Gasteiger partial charge in [-0.2, -0.15) is 0 Å². The van der Waals surface area contributed by atoms with E-state index in [1.54, 1.807) is 17.4 Å². The van der Waals surface area contributed by atoms with Crippen LogP contribution in [0, 0.1) is 6.92 Å². The molecule has 0 aliphatic heterocycles. The third kappa shape index (κ3) is 3.58. The van der Waals surface area contributed by atoms with Crippen molar-refractivity contribution in [2.24, 2.45) is 0 Å². The fourth-order valence-electron chi connectivity index (χ4n) is 1.69. The largest absolute Gasteiger partial charge is 0.465 e. The number of methoxy groups -OCH3 is 1. The molecular weight excluding hydrogens is 326 g/mol. The van der Waals surface area contributed by atoms with E-state index < -0.39 is 0 Å². The number of aryl methyl sites for hydroxylation is 1. The van der Waals surface area contributed by atoms with E-state index >= 15 is 0 Å². The van der Waals surface area contributed by atoms with E-state index in [1.807, 2.05) is 19.1 Å². The second-order valence-corrected chi connectivity index (χ2v) is 6.42. The molecule has 1 N–H and O–H groups in total. The fourth-order valence-corrected chi connectivity index (χ4v) is 2.90. The maximum absolute atomic E-state index is 11.5. The third-order valence-electron chi connectivity index (χ3n) is 2.76. The second-order valence-electron chi connectivity index (χ2n) is 4.13. The summed E-state index contributed by atoms with van der Waals surface area (Å²) >= 11 is 5.10. The number of nitrogens with one attached hydrogen (secondary N) is 1. The van der Waals surface area contributed by atoms with Crippen LogP contribution < -0.4 is 5.32 Å². The number of thiophene rings is 1. The Morgan fingerprint density at radius 3 is 2.84 bits per heavy atom. The average molecular weight is 340 g/mol. The molecule has 0 saturated carbocycles. The SMILES string of the molecule is COC(=O)c1ccc(C)c(NCc2csc(Br)c2)c1. The number of rotatable bonds is 4. The molecule has 5 heteroatoms. The molecule has 0 fully saturated rings. The monoisotopic (exact) mass is 339 g/mol. The predicted molar refractivity (Wildman–Crippen MR) is 81.9 cm³/mol. The lowest BCUT2D eigenvalue weighted by Crippen LogP contribution is -2.05. The summed E-state index contributed by atoms with van der Waals surface area (Å²) < 4.78 is 5.84. The van der Waals surface area contributed by atoms with E-state index in [1.165, 1.54) is 12.7 Å². The number of anilines is 1. The van der Waals surface area contributed by atoms with Crippen LogP contribution in [0.15, 0.2) is 33.4 Å². The summed E-state index contributed by atoms with van der Waals surface area (Å²) in [4.78, 5) is 11.5. The van der Waals surface area contributed by atoms with Crippen LogP contribution in [0.25, 0.3) is 0 Å². The Morgan fingerprint density at radius 1 is 1.42 bits per heavy atom. The first-order valence-corrected chi connectivity index (χ1v) is 7.43. The maximum atomic E-state index is 11.5. The number of benzene rings is 1. The first kappa shape index (κ1) is 14.1. The summed E-state index contributed by atoms with van der Waals surface area (Å²) in [7, 11) is 1.39.